The van der Waals surface area contributed by atoms with Gasteiger partial charge in [-0.15, -0.1) is 5.69 Å². The molecule has 0 aliphatic rings. The van der Waals surface area contributed by atoms with Crippen LogP contribution in [0.1, 0.15) is 11.1 Å². The second-order valence-corrected chi connectivity index (χ2v) is 4.30. The van der Waals surface area contributed by atoms with Crippen molar-refractivity contribution in [3.63, 3.8) is 0 Å². The van der Waals surface area contributed by atoms with Crippen molar-refractivity contribution in [2.45, 2.75) is 6.42 Å². The molecular formula is C19H23N3OPd-4. The average Bonchev–Trinajstić information content (AvgIpc) is 2.50. The maximum Gasteiger partial charge on any atom is 0.0774 e. The zero-order valence-electron chi connectivity index (χ0n) is 13.7. The fourth-order valence-electron chi connectivity index (χ4n) is 1.84. The molecule has 0 saturated heterocycles. The Morgan fingerprint density at radius 3 is 2.21 bits per heavy atom. The quantitative estimate of drug-likeness (QED) is 0.309. The fraction of sp³-hybridized carbons (Fsp3) is 0.0526. The summed E-state index contributed by atoms with van der Waals surface area (Å²) in [6.45, 7) is 3.43. The number of hydrogen-bond donors (Lipinski definition) is 0. The van der Waals surface area contributed by atoms with Gasteiger partial charge in [-0.25, -0.2) is 0 Å². The van der Waals surface area contributed by atoms with Gasteiger partial charge in [0.05, 0.1) is 5.91 Å². The third-order valence-electron chi connectivity index (χ3n) is 2.84. The van der Waals surface area contributed by atoms with E-state index >= 15 is 0 Å². The van der Waals surface area contributed by atoms with E-state index in [4.69, 9.17) is 0 Å². The van der Waals surface area contributed by atoms with Gasteiger partial charge in [0.15, 0.2) is 0 Å². The van der Waals surface area contributed by atoms with E-state index in [2.05, 4.69) is 24.0 Å². The average molecular weight is 416 g/mol. The van der Waals surface area contributed by atoms with E-state index in [9.17, 15) is 4.79 Å². The Balaban J connectivity index is -0.00000110. The van der Waals surface area contributed by atoms with Gasteiger partial charge < -0.3 is 29.8 Å². The van der Waals surface area contributed by atoms with E-state index in [1.807, 2.05) is 54.6 Å². The first-order valence-electron chi connectivity index (χ1n) is 6.47. The number of allylic oxidation sites excluding steroid dienone is 1. The monoisotopic (exact) mass is 415 g/mol. The number of rotatable bonds is 5. The Morgan fingerprint density at radius 2 is 1.58 bits per heavy atom. The minimum Gasteiger partial charge on any atom is -0.693 e. The van der Waals surface area contributed by atoms with Gasteiger partial charge in [-0.3, -0.25) is 0 Å². The fourth-order valence-corrected chi connectivity index (χ4v) is 1.84. The van der Waals surface area contributed by atoms with Crippen LogP contribution in [0.5, 0.6) is 0 Å². The molecule has 0 saturated carbocycles. The Kier molecular flexibility index (Phi) is 16.3. The summed E-state index contributed by atoms with van der Waals surface area (Å²) in [6, 6.07) is 17.7. The first-order valence-corrected chi connectivity index (χ1v) is 6.47. The molecule has 4 N–H and O–H groups in total. The third-order valence-corrected chi connectivity index (χ3v) is 2.84. The SMILES string of the molecule is C=CC(=O)[N-]c1ccccc1C/C=C/c1ccccc1.[CH3-].[NH2-].[NH2-].[Pd]. The van der Waals surface area contributed by atoms with Gasteiger partial charge in [0, 0.05) is 20.4 Å². The predicted molar refractivity (Wildman–Crippen MR) is 101 cm³/mol. The first kappa shape index (κ1) is 26.8. The van der Waals surface area contributed by atoms with Gasteiger partial charge >= 0.3 is 0 Å². The van der Waals surface area contributed by atoms with Crippen molar-refractivity contribution >= 4 is 17.7 Å². The van der Waals surface area contributed by atoms with Crippen LogP contribution in [0, 0.1) is 7.43 Å². The van der Waals surface area contributed by atoms with Crippen LogP contribution in [-0.4, -0.2) is 5.91 Å². The normalized spacial score (nSPS) is 8.67. The minimum atomic E-state index is -0.315. The van der Waals surface area contributed by atoms with E-state index < -0.39 is 0 Å². The van der Waals surface area contributed by atoms with Crippen LogP contribution in [0.15, 0.2) is 73.3 Å². The summed E-state index contributed by atoms with van der Waals surface area (Å²) in [5.41, 5.74) is 2.88. The summed E-state index contributed by atoms with van der Waals surface area (Å²) in [6.07, 6.45) is 6.09. The van der Waals surface area contributed by atoms with Gasteiger partial charge in [-0.2, -0.15) is 0 Å². The molecule has 0 spiro atoms. The molecule has 2 rings (SSSR count). The van der Waals surface area contributed by atoms with Crippen LogP contribution in [0.4, 0.5) is 5.69 Å². The number of carbonyl (C=O) groups excluding carboxylic acids is 1. The van der Waals surface area contributed by atoms with Gasteiger partial charge in [0.25, 0.3) is 0 Å². The van der Waals surface area contributed by atoms with Crippen LogP contribution in [-0.2, 0) is 31.6 Å². The van der Waals surface area contributed by atoms with Crippen molar-refractivity contribution < 1.29 is 25.2 Å². The molecule has 0 atom stereocenters. The number of carbonyl (C=O) groups is 1. The molecular weight excluding hydrogens is 393 g/mol. The zero-order valence-corrected chi connectivity index (χ0v) is 15.2. The van der Waals surface area contributed by atoms with Gasteiger partial charge in [-0.05, 0) is 18.1 Å². The summed E-state index contributed by atoms with van der Waals surface area (Å²) < 4.78 is 0. The van der Waals surface area contributed by atoms with Crippen LogP contribution < -0.4 is 0 Å². The standard InChI is InChI=1S/C18H17NO.CH3.2H2N.Pd/c1-2-18(20)19-17-14-7-6-12-16(17)13-8-11-15-9-4-3-5-10-15;;;;/h2-12,14H,1,13H2,(H,19,20);1H3;2*1H2;/q;3*-1;/p-1/b11-8+;;;;. The Hall–Kier alpha value is -2.03. The van der Waals surface area contributed by atoms with Crippen molar-refractivity contribution in [2.75, 3.05) is 0 Å². The van der Waals surface area contributed by atoms with E-state index in [1.165, 1.54) is 6.08 Å². The molecule has 0 bridgehead atoms. The summed E-state index contributed by atoms with van der Waals surface area (Å²) in [5, 5.41) is 4.01. The number of nitrogens with zero attached hydrogens (tertiary/aromatic N) is 1. The summed E-state index contributed by atoms with van der Waals surface area (Å²) in [4.78, 5) is 11.3. The zero-order chi connectivity index (χ0) is 14.2. The summed E-state index contributed by atoms with van der Waals surface area (Å²) in [5.74, 6) is -0.315. The first-order chi connectivity index (χ1) is 9.79. The number of amides is 1. The molecule has 0 aromatic heterocycles. The van der Waals surface area contributed by atoms with Crippen molar-refractivity contribution in [2.24, 2.45) is 0 Å². The molecule has 0 fully saturated rings. The second-order valence-electron chi connectivity index (χ2n) is 4.30. The van der Waals surface area contributed by atoms with Crippen molar-refractivity contribution in [3.05, 3.63) is 109 Å². The predicted octanol–water partition coefficient (Wildman–Crippen LogP) is 6.54. The van der Waals surface area contributed by atoms with Crippen LogP contribution in [0.3, 0.4) is 0 Å². The molecule has 0 aliphatic carbocycles. The molecule has 1 amide bonds. The molecule has 4 nitrogen and oxygen atoms in total. The largest absolute Gasteiger partial charge is 0.693 e. The smallest absolute Gasteiger partial charge is 0.0774 e. The maximum atomic E-state index is 11.3. The number of para-hydroxylation sites is 1. The molecule has 2 aromatic carbocycles. The molecule has 0 heterocycles. The topological polar surface area (TPSA) is 98.2 Å². The van der Waals surface area contributed by atoms with E-state index in [-0.39, 0.29) is 46.1 Å². The summed E-state index contributed by atoms with van der Waals surface area (Å²) in [7, 11) is 0. The van der Waals surface area contributed by atoms with Crippen molar-refractivity contribution in [3.8, 4) is 0 Å². The molecule has 0 radical (unpaired) electrons. The van der Waals surface area contributed by atoms with E-state index in [0.29, 0.717) is 5.69 Å². The molecule has 24 heavy (non-hydrogen) atoms. The third kappa shape index (κ3) is 8.56. The van der Waals surface area contributed by atoms with Crippen LogP contribution >= 0.6 is 0 Å². The Bertz CT molecular complexity index is 628. The minimum absolute atomic E-state index is 0. The number of benzene rings is 2. The van der Waals surface area contributed by atoms with E-state index in [0.717, 1.165) is 17.5 Å². The van der Waals surface area contributed by atoms with Gasteiger partial charge in [-0.1, -0.05) is 78.9 Å². The molecule has 0 unspecified atom stereocenters. The van der Waals surface area contributed by atoms with Crippen molar-refractivity contribution in [1.29, 1.82) is 0 Å². The van der Waals surface area contributed by atoms with Crippen LogP contribution in [0.2, 0.25) is 0 Å². The molecule has 134 valence electrons. The van der Waals surface area contributed by atoms with E-state index in [1.54, 1.807) is 0 Å². The van der Waals surface area contributed by atoms with Gasteiger partial charge in [0.1, 0.15) is 0 Å². The maximum absolute atomic E-state index is 11.3. The van der Waals surface area contributed by atoms with Crippen LogP contribution in [0.25, 0.3) is 23.7 Å². The molecule has 0 aliphatic heterocycles. The molecule has 2 aromatic rings. The van der Waals surface area contributed by atoms with Crippen molar-refractivity contribution in [1.82, 2.24) is 0 Å². The Labute approximate surface area is 158 Å². The number of nitrogens with two attached hydrogens (primary N) is 2. The Morgan fingerprint density at radius 1 is 1.00 bits per heavy atom. The second kappa shape index (κ2) is 14.6. The summed E-state index contributed by atoms with van der Waals surface area (Å²) >= 11 is 0. The molecule has 5 heteroatoms. The van der Waals surface area contributed by atoms with Gasteiger partial charge in [0.2, 0.25) is 0 Å². The number of hydrogen-bond acceptors (Lipinski definition) is 1.